The first-order chi connectivity index (χ1) is 46.8. The van der Waals surface area contributed by atoms with Crippen molar-refractivity contribution in [2.45, 2.75) is 420 Å². The van der Waals surface area contributed by atoms with Crippen molar-refractivity contribution in [3.63, 3.8) is 0 Å². The number of rotatable bonds is 76. The lowest BCUT2D eigenvalue weighted by atomic mass is 9.99. The number of aliphatic hydroxyl groups excluding tert-OH is 1. The third-order valence-electron chi connectivity index (χ3n) is 18.5. The fraction of sp³-hybridized carbons (Fsp3) is 0.949. The van der Waals surface area contributed by atoms with Crippen LogP contribution in [0.5, 0.6) is 0 Å². The molecule has 0 aromatic carbocycles. The fourth-order valence-electron chi connectivity index (χ4n) is 11.9. The SMILES string of the molecule is CCCCCCCCCCC(=O)OC[C@H](COP(=O)(O)OC[C@H](O)COP(=O)(O)OC[C@@H](COC(=O)CCCCCCCCCCCCCCC(C)C)OC(=O)CCCCCCCCCCCCCCCCCCCCC(C)CC)OC(=O)CCCCCCCCCCCC(C)C. The molecule has 0 radical (unpaired) electrons. The number of phosphoric ester groups is 2. The zero-order valence-electron chi connectivity index (χ0n) is 63.5. The van der Waals surface area contributed by atoms with E-state index in [0.29, 0.717) is 25.7 Å². The van der Waals surface area contributed by atoms with Gasteiger partial charge in [0.1, 0.15) is 19.3 Å². The maximum atomic E-state index is 13.1. The van der Waals surface area contributed by atoms with E-state index in [4.69, 9.17) is 37.0 Å². The van der Waals surface area contributed by atoms with Crippen molar-refractivity contribution in [2.24, 2.45) is 17.8 Å². The van der Waals surface area contributed by atoms with Gasteiger partial charge in [-0.05, 0) is 43.4 Å². The smallest absolute Gasteiger partial charge is 0.462 e. The third-order valence-corrected chi connectivity index (χ3v) is 20.4. The van der Waals surface area contributed by atoms with Gasteiger partial charge in [-0.2, -0.15) is 0 Å². The average molecular weight is 1420 g/mol. The molecule has 0 aliphatic heterocycles. The number of hydrogen-bond donors (Lipinski definition) is 3. The second-order valence-electron chi connectivity index (χ2n) is 29.3. The van der Waals surface area contributed by atoms with Crippen LogP contribution in [0.1, 0.15) is 402 Å². The molecule has 0 aromatic rings. The number of ether oxygens (including phenoxy) is 4. The van der Waals surface area contributed by atoms with E-state index in [0.717, 1.165) is 114 Å². The second kappa shape index (κ2) is 68.5. The van der Waals surface area contributed by atoms with E-state index in [2.05, 4.69) is 48.5 Å². The van der Waals surface area contributed by atoms with Crippen LogP contribution in [0, 0.1) is 17.8 Å². The van der Waals surface area contributed by atoms with Crippen molar-refractivity contribution in [3.05, 3.63) is 0 Å². The van der Waals surface area contributed by atoms with Gasteiger partial charge in [0.25, 0.3) is 0 Å². The van der Waals surface area contributed by atoms with E-state index in [1.54, 1.807) is 0 Å². The summed E-state index contributed by atoms with van der Waals surface area (Å²) < 4.78 is 68.5. The molecule has 3 unspecified atom stereocenters. The molecule has 0 spiro atoms. The Morgan fingerprint density at radius 2 is 0.526 bits per heavy atom. The van der Waals surface area contributed by atoms with E-state index in [1.807, 2.05) is 0 Å². The molecule has 17 nitrogen and oxygen atoms in total. The van der Waals surface area contributed by atoms with E-state index in [9.17, 15) is 43.2 Å². The van der Waals surface area contributed by atoms with Gasteiger partial charge >= 0.3 is 39.5 Å². The summed E-state index contributed by atoms with van der Waals surface area (Å²) in [7, 11) is -9.91. The highest BCUT2D eigenvalue weighted by Gasteiger charge is 2.30. The van der Waals surface area contributed by atoms with Gasteiger partial charge < -0.3 is 33.8 Å². The summed E-state index contributed by atoms with van der Waals surface area (Å²) in [6.45, 7) is 11.9. The maximum absolute atomic E-state index is 13.1. The Labute approximate surface area is 594 Å². The minimum absolute atomic E-state index is 0.105. The first kappa shape index (κ1) is 95.1. The van der Waals surface area contributed by atoms with Gasteiger partial charge in [0.05, 0.1) is 26.4 Å². The van der Waals surface area contributed by atoms with Crippen LogP contribution >= 0.6 is 15.6 Å². The van der Waals surface area contributed by atoms with Crippen LogP contribution in [0.25, 0.3) is 0 Å². The normalized spacial score (nSPS) is 14.3. The Hall–Kier alpha value is -1.94. The molecule has 0 aliphatic carbocycles. The molecule has 6 atom stereocenters. The van der Waals surface area contributed by atoms with E-state index >= 15 is 0 Å². The Kier molecular flexibility index (Phi) is 67.1. The predicted octanol–water partition coefficient (Wildman–Crippen LogP) is 23.0. The highest BCUT2D eigenvalue weighted by molar-refractivity contribution is 7.47. The van der Waals surface area contributed by atoms with Crippen molar-refractivity contribution < 1.29 is 80.2 Å². The van der Waals surface area contributed by atoms with Gasteiger partial charge in [-0.3, -0.25) is 37.3 Å². The molecule has 0 saturated carbocycles. The fourth-order valence-corrected chi connectivity index (χ4v) is 13.5. The van der Waals surface area contributed by atoms with Gasteiger partial charge in [-0.15, -0.1) is 0 Å². The molecule has 0 heterocycles. The minimum atomic E-state index is -4.96. The molecule has 0 rings (SSSR count). The van der Waals surface area contributed by atoms with Crippen LogP contribution < -0.4 is 0 Å². The lowest BCUT2D eigenvalue weighted by Crippen LogP contribution is -2.30. The molecule has 0 amide bonds. The molecule has 576 valence electrons. The molecular weight excluding hydrogens is 1270 g/mol. The standard InChI is InChI=1S/C78H152O17P2/c1-8-10-11-12-13-38-45-52-59-75(80)88-65-73(95-78(83)62-55-48-41-34-28-30-36-43-50-57-70(5)6)67-92-96(84,85)90-63-72(79)64-91-97(86,87)93-68-74(66-89-76(81)60-53-46-39-32-26-23-22-24-29-35-42-49-56-69(3)4)94-77(82)61-54-47-40-33-27-21-19-17-15-14-16-18-20-25-31-37-44-51-58-71(7)9-2/h69-74,79H,8-68H2,1-7H3,(H,84,85)(H,86,87)/t71?,72-,73+,74+/m0/s1. The van der Waals surface area contributed by atoms with Gasteiger partial charge in [0.15, 0.2) is 12.2 Å². The summed E-state index contributed by atoms with van der Waals surface area (Å²) in [6.07, 6.45) is 55.6. The molecule has 0 aromatic heterocycles. The Bertz CT molecular complexity index is 1890. The molecule has 3 N–H and O–H groups in total. The second-order valence-corrected chi connectivity index (χ2v) is 32.2. The molecule has 19 heteroatoms. The van der Waals surface area contributed by atoms with E-state index < -0.39 is 97.5 Å². The molecule has 0 aliphatic rings. The summed E-state index contributed by atoms with van der Waals surface area (Å²) in [4.78, 5) is 72.8. The van der Waals surface area contributed by atoms with Gasteiger partial charge in [-0.1, -0.05) is 350 Å². The van der Waals surface area contributed by atoms with Crippen LogP contribution in [-0.4, -0.2) is 96.7 Å². The number of unbranched alkanes of at least 4 members (excludes halogenated alkanes) is 43. The van der Waals surface area contributed by atoms with Crippen LogP contribution in [-0.2, 0) is 65.4 Å². The van der Waals surface area contributed by atoms with Crippen molar-refractivity contribution in [3.8, 4) is 0 Å². The lowest BCUT2D eigenvalue weighted by molar-refractivity contribution is -0.161. The number of carbonyl (C=O) groups excluding carboxylic acids is 4. The maximum Gasteiger partial charge on any atom is 0.472 e. The Morgan fingerprint density at radius 3 is 0.784 bits per heavy atom. The van der Waals surface area contributed by atoms with Gasteiger partial charge in [0.2, 0.25) is 0 Å². The first-order valence-corrected chi connectivity index (χ1v) is 43.4. The molecular formula is C78H152O17P2. The first-order valence-electron chi connectivity index (χ1n) is 40.4. The van der Waals surface area contributed by atoms with Gasteiger partial charge in [0, 0.05) is 25.7 Å². The zero-order valence-corrected chi connectivity index (χ0v) is 65.3. The van der Waals surface area contributed by atoms with Crippen molar-refractivity contribution in [1.29, 1.82) is 0 Å². The molecule has 97 heavy (non-hydrogen) atoms. The minimum Gasteiger partial charge on any atom is -0.462 e. The lowest BCUT2D eigenvalue weighted by Gasteiger charge is -2.21. The van der Waals surface area contributed by atoms with Crippen molar-refractivity contribution >= 4 is 39.5 Å². The van der Waals surface area contributed by atoms with Crippen LogP contribution in [0.2, 0.25) is 0 Å². The third kappa shape index (κ3) is 70.9. The molecule has 0 saturated heterocycles. The summed E-state index contributed by atoms with van der Waals surface area (Å²) in [5.74, 6) is 0.271. The summed E-state index contributed by atoms with van der Waals surface area (Å²) >= 11 is 0. The zero-order chi connectivity index (χ0) is 71.6. The van der Waals surface area contributed by atoms with Crippen molar-refractivity contribution in [1.82, 2.24) is 0 Å². The summed E-state index contributed by atoms with van der Waals surface area (Å²) in [5.41, 5.74) is 0. The van der Waals surface area contributed by atoms with Gasteiger partial charge in [-0.25, -0.2) is 9.13 Å². The molecule has 0 fully saturated rings. The van der Waals surface area contributed by atoms with Crippen molar-refractivity contribution in [2.75, 3.05) is 39.6 Å². The summed E-state index contributed by atoms with van der Waals surface area (Å²) in [6, 6.07) is 0. The van der Waals surface area contributed by atoms with Crippen LogP contribution in [0.15, 0.2) is 0 Å². The number of aliphatic hydroxyl groups is 1. The number of carbonyl (C=O) groups is 4. The van der Waals surface area contributed by atoms with E-state index in [1.165, 1.54) is 205 Å². The topological polar surface area (TPSA) is 237 Å². The largest absolute Gasteiger partial charge is 0.472 e. The number of hydrogen-bond acceptors (Lipinski definition) is 15. The number of phosphoric acid groups is 2. The monoisotopic (exact) mass is 1420 g/mol. The summed E-state index contributed by atoms with van der Waals surface area (Å²) in [5, 5.41) is 10.6. The quantitative estimate of drug-likeness (QED) is 0.0222. The highest BCUT2D eigenvalue weighted by Crippen LogP contribution is 2.45. The Morgan fingerprint density at radius 1 is 0.299 bits per heavy atom. The number of esters is 4. The predicted molar refractivity (Wildman–Crippen MR) is 395 cm³/mol. The average Bonchev–Trinajstić information content (AvgIpc) is 1.92. The Balaban J connectivity index is 5.18. The van der Waals surface area contributed by atoms with Crippen LogP contribution in [0.3, 0.4) is 0 Å². The highest BCUT2D eigenvalue weighted by atomic mass is 31.2. The van der Waals surface area contributed by atoms with Crippen LogP contribution in [0.4, 0.5) is 0 Å². The van der Waals surface area contributed by atoms with E-state index in [-0.39, 0.29) is 25.7 Å². The molecule has 0 bridgehead atoms.